The van der Waals surface area contributed by atoms with Crippen molar-refractivity contribution in [3.8, 4) is 22.9 Å². The SMILES string of the molecule is Cc1ccc(-c2nnc(-c3cccc(NS(=O)(=O)c4ccc(C)cc4)c3)o2)cc1. The molecule has 0 fully saturated rings. The van der Waals surface area contributed by atoms with E-state index < -0.39 is 10.0 Å². The molecule has 0 atom stereocenters. The Kier molecular flexibility index (Phi) is 4.90. The highest BCUT2D eigenvalue weighted by Crippen LogP contribution is 2.27. The maximum absolute atomic E-state index is 12.6. The monoisotopic (exact) mass is 405 g/mol. The van der Waals surface area contributed by atoms with Gasteiger partial charge in [0.25, 0.3) is 10.0 Å². The number of nitrogens with zero attached hydrogens (tertiary/aromatic N) is 2. The Hall–Kier alpha value is -3.45. The predicted molar refractivity (Wildman–Crippen MR) is 112 cm³/mol. The van der Waals surface area contributed by atoms with Gasteiger partial charge in [0.15, 0.2) is 0 Å². The molecule has 146 valence electrons. The van der Waals surface area contributed by atoms with Gasteiger partial charge in [0.2, 0.25) is 11.8 Å². The number of sulfonamides is 1. The summed E-state index contributed by atoms with van der Waals surface area (Å²) in [7, 11) is -3.69. The molecule has 0 aliphatic heterocycles. The van der Waals surface area contributed by atoms with Crippen molar-refractivity contribution in [1.82, 2.24) is 10.2 Å². The molecule has 0 saturated carbocycles. The molecule has 7 heteroatoms. The lowest BCUT2D eigenvalue weighted by atomic mass is 10.1. The van der Waals surface area contributed by atoms with Gasteiger partial charge in [0.05, 0.1) is 4.90 Å². The first-order valence-corrected chi connectivity index (χ1v) is 10.5. The molecule has 4 aromatic rings. The molecule has 3 aromatic carbocycles. The number of benzene rings is 3. The Bertz CT molecular complexity index is 1250. The normalized spacial score (nSPS) is 11.4. The molecule has 4 rings (SSSR count). The molecule has 1 aromatic heterocycles. The molecule has 0 bridgehead atoms. The van der Waals surface area contributed by atoms with E-state index in [0.29, 0.717) is 23.0 Å². The first-order chi connectivity index (χ1) is 13.9. The smallest absolute Gasteiger partial charge is 0.261 e. The summed E-state index contributed by atoms with van der Waals surface area (Å²) >= 11 is 0. The van der Waals surface area contributed by atoms with Crippen molar-refractivity contribution in [2.75, 3.05) is 4.72 Å². The van der Waals surface area contributed by atoms with Crippen LogP contribution in [0.2, 0.25) is 0 Å². The fourth-order valence-corrected chi connectivity index (χ4v) is 3.85. The van der Waals surface area contributed by atoms with Crippen molar-refractivity contribution in [2.45, 2.75) is 18.7 Å². The number of aromatic nitrogens is 2. The summed E-state index contributed by atoms with van der Waals surface area (Å²) < 4.78 is 33.6. The average Bonchev–Trinajstić information content (AvgIpc) is 3.19. The summed E-state index contributed by atoms with van der Waals surface area (Å²) in [6, 6.07) is 21.3. The van der Waals surface area contributed by atoms with Gasteiger partial charge in [0, 0.05) is 16.8 Å². The van der Waals surface area contributed by atoms with Crippen LogP contribution in [-0.4, -0.2) is 18.6 Å². The van der Waals surface area contributed by atoms with E-state index in [-0.39, 0.29) is 4.90 Å². The second-order valence-electron chi connectivity index (χ2n) is 6.78. The molecular weight excluding hydrogens is 386 g/mol. The Morgan fingerprint density at radius 3 is 2.00 bits per heavy atom. The first-order valence-electron chi connectivity index (χ1n) is 9.01. The molecule has 0 unspecified atom stereocenters. The van der Waals surface area contributed by atoms with E-state index in [1.165, 1.54) is 0 Å². The summed E-state index contributed by atoms with van der Waals surface area (Å²) in [5.74, 6) is 0.725. The summed E-state index contributed by atoms with van der Waals surface area (Å²) in [6.45, 7) is 3.91. The Morgan fingerprint density at radius 2 is 1.34 bits per heavy atom. The van der Waals surface area contributed by atoms with Crippen LogP contribution in [0.1, 0.15) is 11.1 Å². The van der Waals surface area contributed by atoms with Crippen LogP contribution in [0.5, 0.6) is 0 Å². The second kappa shape index (κ2) is 7.52. The van der Waals surface area contributed by atoms with Crippen LogP contribution in [0.4, 0.5) is 5.69 Å². The topological polar surface area (TPSA) is 85.1 Å². The number of aryl methyl sites for hydroxylation is 2. The Balaban J connectivity index is 1.59. The van der Waals surface area contributed by atoms with Gasteiger partial charge in [-0.15, -0.1) is 10.2 Å². The van der Waals surface area contributed by atoms with E-state index in [0.717, 1.165) is 16.7 Å². The molecule has 0 aliphatic rings. The largest absolute Gasteiger partial charge is 0.416 e. The highest BCUT2D eigenvalue weighted by atomic mass is 32.2. The minimum absolute atomic E-state index is 0.202. The Labute approximate surface area is 169 Å². The van der Waals surface area contributed by atoms with Crippen LogP contribution < -0.4 is 4.72 Å². The fraction of sp³-hybridized carbons (Fsp3) is 0.0909. The Morgan fingerprint density at radius 1 is 0.759 bits per heavy atom. The summed E-state index contributed by atoms with van der Waals surface area (Å²) in [6.07, 6.45) is 0. The third-order valence-corrected chi connectivity index (χ3v) is 5.81. The summed E-state index contributed by atoms with van der Waals surface area (Å²) in [4.78, 5) is 0.202. The van der Waals surface area contributed by atoms with Crippen molar-refractivity contribution < 1.29 is 12.8 Å². The summed E-state index contributed by atoms with van der Waals surface area (Å²) in [5, 5.41) is 8.19. The van der Waals surface area contributed by atoms with Gasteiger partial charge in [-0.25, -0.2) is 8.42 Å². The molecule has 6 nitrogen and oxygen atoms in total. The van der Waals surface area contributed by atoms with Gasteiger partial charge in [-0.1, -0.05) is 41.5 Å². The van der Waals surface area contributed by atoms with E-state index in [1.54, 1.807) is 48.5 Å². The number of anilines is 1. The number of rotatable bonds is 5. The number of hydrogen-bond acceptors (Lipinski definition) is 5. The van der Waals surface area contributed by atoms with Gasteiger partial charge in [0.1, 0.15) is 0 Å². The van der Waals surface area contributed by atoms with Crippen LogP contribution in [-0.2, 0) is 10.0 Å². The third-order valence-electron chi connectivity index (χ3n) is 4.42. The van der Waals surface area contributed by atoms with Gasteiger partial charge in [-0.3, -0.25) is 4.72 Å². The molecule has 0 radical (unpaired) electrons. The van der Waals surface area contributed by atoms with E-state index in [1.807, 2.05) is 38.1 Å². The van der Waals surface area contributed by atoms with Crippen LogP contribution in [0.3, 0.4) is 0 Å². The maximum atomic E-state index is 12.6. The van der Waals surface area contributed by atoms with Gasteiger partial charge in [-0.05, 0) is 56.3 Å². The molecule has 1 N–H and O–H groups in total. The lowest BCUT2D eigenvalue weighted by Gasteiger charge is -2.09. The lowest BCUT2D eigenvalue weighted by molar-refractivity contribution is 0.584. The molecule has 29 heavy (non-hydrogen) atoms. The van der Waals surface area contributed by atoms with Crippen LogP contribution in [0, 0.1) is 13.8 Å². The van der Waals surface area contributed by atoms with Crippen LogP contribution >= 0.6 is 0 Å². The molecule has 0 amide bonds. The number of hydrogen-bond donors (Lipinski definition) is 1. The quantitative estimate of drug-likeness (QED) is 0.514. The zero-order valence-electron chi connectivity index (χ0n) is 16.0. The van der Waals surface area contributed by atoms with Gasteiger partial charge in [-0.2, -0.15) is 0 Å². The standard InChI is InChI=1S/C22H19N3O3S/c1-15-6-10-17(11-7-15)21-23-24-22(28-21)18-4-3-5-19(14-18)25-29(26,27)20-12-8-16(2)9-13-20/h3-14,25H,1-2H3. The minimum atomic E-state index is -3.69. The fourth-order valence-electron chi connectivity index (χ4n) is 2.80. The lowest BCUT2D eigenvalue weighted by Crippen LogP contribution is -2.12. The molecule has 0 spiro atoms. The zero-order chi connectivity index (χ0) is 20.4. The van der Waals surface area contributed by atoms with Crippen LogP contribution in [0.25, 0.3) is 22.9 Å². The molecule has 1 heterocycles. The summed E-state index contributed by atoms with van der Waals surface area (Å²) in [5.41, 5.74) is 4.00. The van der Waals surface area contributed by atoms with Crippen molar-refractivity contribution >= 4 is 15.7 Å². The van der Waals surface area contributed by atoms with E-state index in [9.17, 15) is 8.42 Å². The predicted octanol–water partition coefficient (Wildman–Crippen LogP) is 4.82. The van der Waals surface area contributed by atoms with E-state index in [2.05, 4.69) is 14.9 Å². The average molecular weight is 405 g/mol. The van der Waals surface area contributed by atoms with Crippen molar-refractivity contribution in [2.24, 2.45) is 0 Å². The van der Waals surface area contributed by atoms with Crippen molar-refractivity contribution in [3.63, 3.8) is 0 Å². The third kappa shape index (κ3) is 4.20. The minimum Gasteiger partial charge on any atom is -0.416 e. The van der Waals surface area contributed by atoms with Gasteiger partial charge >= 0.3 is 0 Å². The van der Waals surface area contributed by atoms with E-state index >= 15 is 0 Å². The first kappa shape index (κ1) is 18.9. The number of nitrogens with one attached hydrogen (secondary N) is 1. The van der Waals surface area contributed by atoms with Gasteiger partial charge < -0.3 is 4.42 Å². The second-order valence-corrected chi connectivity index (χ2v) is 8.46. The highest BCUT2D eigenvalue weighted by molar-refractivity contribution is 7.92. The van der Waals surface area contributed by atoms with E-state index in [4.69, 9.17) is 4.42 Å². The zero-order valence-corrected chi connectivity index (χ0v) is 16.8. The molecule has 0 aliphatic carbocycles. The van der Waals surface area contributed by atoms with Crippen molar-refractivity contribution in [1.29, 1.82) is 0 Å². The maximum Gasteiger partial charge on any atom is 0.261 e. The molecule has 0 saturated heterocycles. The highest BCUT2D eigenvalue weighted by Gasteiger charge is 2.15. The van der Waals surface area contributed by atoms with Crippen molar-refractivity contribution in [3.05, 3.63) is 83.9 Å². The van der Waals surface area contributed by atoms with Crippen LogP contribution in [0.15, 0.2) is 82.1 Å². The molecular formula is C22H19N3O3S.